The fourth-order valence-electron chi connectivity index (χ4n) is 5.94. The van der Waals surface area contributed by atoms with Gasteiger partial charge in [0, 0.05) is 12.5 Å². The average Bonchev–Trinajstić information content (AvgIpc) is 3.40. The zero-order valence-corrected chi connectivity index (χ0v) is 22.7. The molecule has 0 aromatic rings. The summed E-state index contributed by atoms with van der Waals surface area (Å²) in [5.41, 5.74) is 1.14. The van der Waals surface area contributed by atoms with Crippen molar-refractivity contribution in [3.8, 4) is 0 Å². The molecule has 0 unspecified atom stereocenters. The van der Waals surface area contributed by atoms with Crippen molar-refractivity contribution in [2.45, 2.75) is 104 Å². The summed E-state index contributed by atoms with van der Waals surface area (Å²) in [5.74, 6) is 3.02. The van der Waals surface area contributed by atoms with E-state index in [1.165, 1.54) is 51.4 Å². The highest BCUT2D eigenvalue weighted by atomic mass is 28.4. The first-order valence-electron chi connectivity index (χ1n) is 13.4. The highest BCUT2D eigenvalue weighted by molar-refractivity contribution is 6.74. The van der Waals surface area contributed by atoms with Crippen LogP contribution in [-0.2, 0) is 9.22 Å². The fraction of sp³-hybridized carbons (Fsp3) is 0.759. The van der Waals surface area contributed by atoms with Crippen molar-refractivity contribution in [1.29, 1.82) is 0 Å². The van der Waals surface area contributed by atoms with Gasteiger partial charge < -0.3 is 4.43 Å². The number of rotatable bonds is 12. The Balaban J connectivity index is 1.39. The Kier molecular flexibility index (Phi) is 8.83. The SMILES string of the molecule is CC/C=C/C=C1/C(=O)[C@@H]2[C@@H]([C@@H]3C=C[C@H]2C3)[C@@H]1CCCCCCCCO[Si](C)(C)C(C)(C)C. The van der Waals surface area contributed by atoms with Gasteiger partial charge in [0.2, 0.25) is 0 Å². The zero-order chi connectivity index (χ0) is 23.4. The minimum Gasteiger partial charge on any atom is -0.417 e. The van der Waals surface area contributed by atoms with Crippen LogP contribution in [-0.4, -0.2) is 20.7 Å². The predicted octanol–water partition coefficient (Wildman–Crippen LogP) is 8.27. The second-order valence-electron chi connectivity index (χ2n) is 12.0. The van der Waals surface area contributed by atoms with Crippen LogP contribution in [0, 0.1) is 29.6 Å². The largest absolute Gasteiger partial charge is 0.417 e. The number of carbonyl (C=O) groups is 1. The Labute approximate surface area is 199 Å². The molecule has 3 rings (SSSR count). The van der Waals surface area contributed by atoms with E-state index >= 15 is 0 Å². The van der Waals surface area contributed by atoms with E-state index in [1.807, 2.05) is 0 Å². The Bertz CT molecular complexity index is 724. The molecule has 32 heavy (non-hydrogen) atoms. The second kappa shape index (κ2) is 11.0. The van der Waals surface area contributed by atoms with Gasteiger partial charge in [-0.3, -0.25) is 4.79 Å². The molecule has 0 aliphatic heterocycles. The standard InChI is InChI=1S/C29H48O2Si/c1-7-8-13-17-25-24(26-22-18-19-23(21-22)27(26)28(25)30)16-14-11-9-10-12-15-20-31-32(5,6)29(2,3)4/h8,13,17-19,22-24,26-27H,7,9-12,14-16,20-21H2,1-6H3/b13-8+,25-17+/t22-,23+,24-,26+,27+/m1/s1. The lowest BCUT2D eigenvalue weighted by atomic mass is 9.78. The molecule has 2 fully saturated rings. The molecule has 2 bridgehead atoms. The smallest absolute Gasteiger partial charge is 0.191 e. The first kappa shape index (κ1) is 25.7. The van der Waals surface area contributed by atoms with Crippen molar-refractivity contribution in [1.82, 2.24) is 0 Å². The van der Waals surface area contributed by atoms with Gasteiger partial charge in [-0.25, -0.2) is 0 Å². The third-order valence-electron chi connectivity index (χ3n) is 8.80. The number of unbranched alkanes of at least 4 members (excludes halogenated alkanes) is 5. The minimum atomic E-state index is -1.58. The Hall–Kier alpha value is -0.933. The number of hydrogen-bond donors (Lipinski definition) is 0. The van der Waals surface area contributed by atoms with Gasteiger partial charge in [0.05, 0.1) is 0 Å². The lowest BCUT2D eigenvalue weighted by molar-refractivity contribution is -0.119. The summed E-state index contributed by atoms with van der Waals surface area (Å²) in [6.07, 6.45) is 22.3. The number of hydrogen-bond acceptors (Lipinski definition) is 2. The van der Waals surface area contributed by atoms with Gasteiger partial charge in [-0.05, 0) is 73.1 Å². The van der Waals surface area contributed by atoms with E-state index in [9.17, 15) is 4.79 Å². The zero-order valence-electron chi connectivity index (χ0n) is 21.7. The summed E-state index contributed by atoms with van der Waals surface area (Å²) in [6, 6.07) is 0. The third-order valence-corrected chi connectivity index (χ3v) is 13.3. The van der Waals surface area contributed by atoms with Gasteiger partial charge >= 0.3 is 0 Å². The Morgan fingerprint density at radius 3 is 2.38 bits per heavy atom. The van der Waals surface area contributed by atoms with Crippen molar-refractivity contribution in [3.05, 3.63) is 36.0 Å². The van der Waals surface area contributed by atoms with E-state index in [0.29, 0.717) is 34.5 Å². The average molecular weight is 457 g/mol. The molecular formula is C29H48O2Si. The van der Waals surface area contributed by atoms with E-state index in [-0.39, 0.29) is 5.92 Å². The van der Waals surface area contributed by atoms with Crippen LogP contribution in [0.2, 0.25) is 18.1 Å². The molecule has 3 aliphatic rings. The first-order chi connectivity index (χ1) is 15.2. The molecule has 2 nitrogen and oxygen atoms in total. The van der Waals surface area contributed by atoms with E-state index in [0.717, 1.165) is 18.6 Å². The molecule has 5 atom stereocenters. The van der Waals surface area contributed by atoms with Crippen LogP contribution in [0.1, 0.15) is 85.5 Å². The molecule has 3 aliphatic carbocycles. The van der Waals surface area contributed by atoms with Crippen molar-refractivity contribution in [2.24, 2.45) is 29.6 Å². The minimum absolute atomic E-state index is 0.289. The lowest BCUT2D eigenvalue weighted by Gasteiger charge is -2.36. The van der Waals surface area contributed by atoms with Crippen LogP contribution in [0.4, 0.5) is 0 Å². The van der Waals surface area contributed by atoms with E-state index in [4.69, 9.17) is 4.43 Å². The highest BCUT2D eigenvalue weighted by Crippen LogP contribution is 2.59. The number of fused-ring (bicyclic) bond motifs is 5. The number of ketones is 1. The van der Waals surface area contributed by atoms with E-state index < -0.39 is 8.32 Å². The quantitative estimate of drug-likeness (QED) is 0.128. The highest BCUT2D eigenvalue weighted by Gasteiger charge is 2.57. The normalized spacial score (nSPS) is 30.9. The molecule has 0 amide bonds. The fourth-order valence-corrected chi connectivity index (χ4v) is 7.03. The molecule has 0 N–H and O–H groups in total. The molecule has 0 heterocycles. The number of carbonyl (C=O) groups excluding carboxylic acids is 1. The molecule has 0 aromatic heterocycles. The molecular weight excluding hydrogens is 408 g/mol. The summed E-state index contributed by atoms with van der Waals surface area (Å²) in [4.78, 5) is 13.2. The van der Waals surface area contributed by atoms with Crippen molar-refractivity contribution in [2.75, 3.05) is 6.61 Å². The molecule has 180 valence electrons. The maximum Gasteiger partial charge on any atom is 0.191 e. The van der Waals surface area contributed by atoms with Crippen LogP contribution in [0.25, 0.3) is 0 Å². The monoisotopic (exact) mass is 456 g/mol. The van der Waals surface area contributed by atoms with Crippen molar-refractivity contribution < 1.29 is 9.22 Å². The summed E-state index contributed by atoms with van der Waals surface area (Å²) in [7, 11) is -1.58. The van der Waals surface area contributed by atoms with Crippen LogP contribution in [0.3, 0.4) is 0 Å². The van der Waals surface area contributed by atoms with Crippen molar-refractivity contribution in [3.63, 3.8) is 0 Å². The molecule has 0 radical (unpaired) electrons. The van der Waals surface area contributed by atoms with Crippen LogP contribution < -0.4 is 0 Å². The summed E-state index contributed by atoms with van der Waals surface area (Å²) in [6.45, 7) is 14.7. The van der Waals surface area contributed by atoms with E-state index in [2.05, 4.69) is 71.2 Å². The summed E-state index contributed by atoms with van der Waals surface area (Å²) < 4.78 is 6.31. The number of Topliss-reactive ketones (excluding diaryl/α,β-unsaturated/α-hetero) is 1. The van der Waals surface area contributed by atoms with Gasteiger partial charge in [0.15, 0.2) is 14.1 Å². The van der Waals surface area contributed by atoms with Gasteiger partial charge in [-0.1, -0.05) is 90.2 Å². The maximum atomic E-state index is 13.2. The molecule has 0 spiro atoms. The van der Waals surface area contributed by atoms with Crippen LogP contribution in [0.15, 0.2) is 36.0 Å². The van der Waals surface area contributed by atoms with Crippen LogP contribution >= 0.6 is 0 Å². The third kappa shape index (κ3) is 5.76. The lowest BCUT2D eigenvalue weighted by Crippen LogP contribution is -2.40. The predicted molar refractivity (Wildman–Crippen MR) is 139 cm³/mol. The first-order valence-corrected chi connectivity index (χ1v) is 16.3. The maximum absolute atomic E-state index is 13.2. The van der Waals surface area contributed by atoms with Crippen molar-refractivity contribution >= 4 is 14.1 Å². The van der Waals surface area contributed by atoms with Gasteiger partial charge in [-0.2, -0.15) is 0 Å². The molecule has 0 saturated heterocycles. The Morgan fingerprint density at radius 1 is 1.03 bits per heavy atom. The summed E-state index contributed by atoms with van der Waals surface area (Å²) in [5, 5.41) is 0.307. The molecule has 2 saturated carbocycles. The van der Waals surface area contributed by atoms with Gasteiger partial charge in [-0.15, -0.1) is 0 Å². The molecule has 3 heteroatoms. The summed E-state index contributed by atoms with van der Waals surface area (Å²) >= 11 is 0. The van der Waals surface area contributed by atoms with Gasteiger partial charge in [0.1, 0.15) is 0 Å². The van der Waals surface area contributed by atoms with Gasteiger partial charge in [0.25, 0.3) is 0 Å². The number of allylic oxidation sites excluding steroid dienone is 6. The van der Waals surface area contributed by atoms with Crippen LogP contribution in [0.5, 0.6) is 0 Å². The van der Waals surface area contributed by atoms with E-state index in [1.54, 1.807) is 0 Å². The Morgan fingerprint density at radius 2 is 1.69 bits per heavy atom. The second-order valence-corrected chi connectivity index (χ2v) is 16.8. The molecule has 0 aromatic carbocycles. The topological polar surface area (TPSA) is 26.3 Å².